The highest BCUT2D eigenvalue weighted by Gasteiger charge is 2.10. The second-order valence-electron chi connectivity index (χ2n) is 3.98. The van der Waals surface area contributed by atoms with E-state index in [1.807, 2.05) is 18.2 Å². The normalized spacial score (nSPS) is 10.1. The van der Waals surface area contributed by atoms with Crippen molar-refractivity contribution in [2.75, 3.05) is 0 Å². The molecule has 0 aromatic heterocycles. The average molecular weight is 276 g/mol. The first kappa shape index (κ1) is 13.0. The Morgan fingerprint density at radius 2 is 1.61 bits per heavy atom. The lowest BCUT2D eigenvalue weighted by Gasteiger charge is -2.08. The van der Waals surface area contributed by atoms with Gasteiger partial charge in [0.1, 0.15) is 0 Å². The molecule has 3 heteroatoms. The van der Waals surface area contributed by atoms with E-state index < -0.39 is 0 Å². The third-order valence-corrected chi connectivity index (χ3v) is 3.42. The smallest absolute Gasteiger partial charge is 0.0992 e. The van der Waals surface area contributed by atoms with Gasteiger partial charge in [-0.1, -0.05) is 54.4 Å². The van der Waals surface area contributed by atoms with Crippen molar-refractivity contribution in [3.05, 3.63) is 57.6 Å². The average Bonchev–Trinajstić information content (AvgIpc) is 2.38. The highest BCUT2D eigenvalue weighted by atomic mass is 35.5. The summed E-state index contributed by atoms with van der Waals surface area (Å²) in [6.07, 6.45) is 0.995. The van der Waals surface area contributed by atoms with Gasteiger partial charge in [0.25, 0.3) is 0 Å². The Labute approximate surface area is 117 Å². The zero-order valence-corrected chi connectivity index (χ0v) is 11.4. The molecule has 0 saturated heterocycles. The highest BCUT2D eigenvalue weighted by molar-refractivity contribution is 6.39. The summed E-state index contributed by atoms with van der Waals surface area (Å²) in [6.45, 7) is 2.11. The molecule has 0 aliphatic heterocycles. The van der Waals surface area contributed by atoms with Crippen LogP contribution in [0, 0.1) is 11.3 Å². The molecule has 2 rings (SSSR count). The van der Waals surface area contributed by atoms with E-state index in [1.54, 1.807) is 12.1 Å². The fourth-order valence-corrected chi connectivity index (χ4v) is 2.53. The largest absolute Gasteiger partial charge is 0.192 e. The molecule has 0 atom stereocenters. The van der Waals surface area contributed by atoms with Crippen molar-refractivity contribution in [1.29, 1.82) is 5.26 Å². The molecule has 0 aliphatic carbocycles. The van der Waals surface area contributed by atoms with Gasteiger partial charge in [0.2, 0.25) is 0 Å². The molecule has 0 heterocycles. The number of nitrogens with zero attached hydrogens (tertiary/aromatic N) is 1. The number of hydrogen-bond acceptors (Lipinski definition) is 1. The van der Waals surface area contributed by atoms with E-state index in [-0.39, 0.29) is 0 Å². The van der Waals surface area contributed by atoms with Gasteiger partial charge in [-0.15, -0.1) is 0 Å². The van der Waals surface area contributed by atoms with Crippen LogP contribution in [0.5, 0.6) is 0 Å². The Kier molecular flexibility index (Phi) is 3.91. The van der Waals surface area contributed by atoms with Crippen LogP contribution in [0.15, 0.2) is 36.4 Å². The minimum Gasteiger partial charge on any atom is -0.192 e. The van der Waals surface area contributed by atoms with Crippen LogP contribution in [0.2, 0.25) is 10.0 Å². The first-order valence-corrected chi connectivity index (χ1v) is 6.39. The number of hydrogen-bond donors (Lipinski definition) is 0. The third-order valence-electron chi connectivity index (χ3n) is 2.82. The molecular weight excluding hydrogens is 265 g/mol. The molecule has 0 radical (unpaired) electrons. The number of aryl methyl sites for hydroxylation is 1. The van der Waals surface area contributed by atoms with E-state index in [4.69, 9.17) is 28.5 Å². The van der Waals surface area contributed by atoms with Crippen LogP contribution in [0.4, 0.5) is 0 Å². The fraction of sp³-hybridized carbons (Fsp3) is 0.133. The highest BCUT2D eigenvalue weighted by Crippen LogP contribution is 2.35. The standard InChI is InChI=1S/C15H11Cl2N/c1-2-10-3-5-12(6-4-10)15-13(16)7-11(9-18)8-14(15)17/h3-8H,2H2,1H3. The lowest BCUT2D eigenvalue weighted by atomic mass is 10.0. The summed E-state index contributed by atoms with van der Waals surface area (Å²) < 4.78 is 0. The number of halogens is 2. The van der Waals surface area contributed by atoms with E-state index in [2.05, 4.69) is 19.1 Å². The monoisotopic (exact) mass is 275 g/mol. The van der Waals surface area contributed by atoms with Gasteiger partial charge in [-0.2, -0.15) is 5.26 Å². The van der Waals surface area contributed by atoms with Crippen molar-refractivity contribution in [3.63, 3.8) is 0 Å². The maximum atomic E-state index is 8.85. The van der Waals surface area contributed by atoms with Crippen LogP contribution in [0.3, 0.4) is 0 Å². The summed E-state index contributed by atoms with van der Waals surface area (Å²) in [4.78, 5) is 0. The summed E-state index contributed by atoms with van der Waals surface area (Å²) in [6, 6.07) is 13.4. The van der Waals surface area contributed by atoms with E-state index in [9.17, 15) is 0 Å². The molecule has 0 saturated carbocycles. The van der Waals surface area contributed by atoms with Gasteiger partial charge in [-0.3, -0.25) is 0 Å². The Morgan fingerprint density at radius 1 is 1.06 bits per heavy atom. The molecular formula is C15H11Cl2N. The molecule has 0 amide bonds. The van der Waals surface area contributed by atoms with Crippen molar-refractivity contribution in [1.82, 2.24) is 0 Å². The van der Waals surface area contributed by atoms with E-state index >= 15 is 0 Å². The molecule has 2 aromatic carbocycles. The zero-order chi connectivity index (χ0) is 13.1. The Morgan fingerprint density at radius 3 is 2.06 bits per heavy atom. The van der Waals surface area contributed by atoms with Crippen molar-refractivity contribution < 1.29 is 0 Å². The number of nitriles is 1. The molecule has 0 fully saturated rings. The van der Waals surface area contributed by atoms with E-state index in [0.29, 0.717) is 15.6 Å². The number of rotatable bonds is 2. The summed E-state index contributed by atoms with van der Waals surface area (Å²) in [7, 11) is 0. The topological polar surface area (TPSA) is 23.8 Å². The predicted octanol–water partition coefficient (Wildman–Crippen LogP) is 5.09. The molecule has 0 bridgehead atoms. The Bertz CT molecular complexity index is 586. The van der Waals surface area contributed by atoms with Crippen LogP contribution in [0.1, 0.15) is 18.1 Å². The minimum atomic E-state index is 0.471. The van der Waals surface area contributed by atoms with Gasteiger partial charge in [0.05, 0.1) is 21.7 Å². The maximum Gasteiger partial charge on any atom is 0.0992 e. The molecule has 0 N–H and O–H groups in total. The van der Waals surface area contributed by atoms with Crippen molar-refractivity contribution in [2.24, 2.45) is 0 Å². The molecule has 18 heavy (non-hydrogen) atoms. The molecule has 0 unspecified atom stereocenters. The molecule has 1 nitrogen and oxygen atoms in total. The molecule has 90 valence electrons. The quantitative estimate of drug-likeness (QED) is 0.749. The summed E-state index contributed by atoms with van der Waals surface area (Å²) in [5.74, 6) is 0. The third kappa shape index (κ3) is 2.51. The van der Waals surface area contributed by atoms with Gasteiger partial charge in [-0.05, 0) is 29.7 Å². The molecule has 2 aromatic rings. The Balaban J connectivity index is 2.53. The summed E-state index contributed by atoms with van der Waals surface area (Å²) >= 11 is 12.4. The van der Waals surface area contributed by atoms with E-state index in [0.717, 1.165) is 17.5 Å². The summed E-state index contributed by atoms with van der Waals surface area (Å²) in [5, 5.41) is 9.86. The lowest BCUT2D eigenvalue weighted by Crippen LogP contribution is -1.86. The van der Waals surface area contributed by atoms with Crippen LogP contribution >= 0.6 is 23.2 Å². The first-order chi connectivity index (χ1) is 8.65. The molecule has 0 spiro atoms. The van der Waals surface area contributed by atoms with Gasteiger partial charge >= 0.3 is 0 Å². The minimum absolute atomic E-state index is 0.471. The van der Waals surface area contributed by atoms with Gasteiger partial charge < -0.3 is 0 Å². The second kappa shape index (κ2) is 5.44. The van der Waals surface area contributed by atoms with Gasteiger partial charge in [0, 0.05) is 5.56 Å². The van der Waals surface area contributed by atoms with Crippen molar-refractivity contribution >= 4 is 23.2 Å². The SMILES string of the molecule is CCc1ccc(-c2c(Cl)cc(C#N)cc2Cl)cc1. The van der Waals surface area contributed by atoms with Gasteiger partial charge in [-0.25, -0.2) is 0 Å². The van der Waals surface area contributed by atoms with Crippen molar-refractivity contribution in [2.45, 2.75) is 13.3 Å². The maximum absolute atomic E-state index is 8.85. The van der Waals surface area contributed by atoms with Crippen LogP contribution < -0.4 is 0 Å². The van der Waals surface area contributed by atoms with Crippen LogP contribution in [0.25, 0.3) is 11.1 Å². The van der Waals surface area contributed by atoms with Crippen molar-refractivity contribution in [3.8, 4) is 17.2 Å². The second-order valence-corrected chi connectivity index (χ2v) is 4.79. The number of benzene rings is 2. The van der Waals surface area contributed by atoms with E-state index in [1.165, 1.54) is 5.56 Å². The predicted molar refractivity (Wildman–Crippen MR) is 76.0 cm³/mol. The van der Waals surface area contributed by atoms with Crippen LogP contribution in [-0.2, 0) is 6.42 Å². The van der Waals surface area contributed by atoms with Gasteiger partial charge in [0.15, 0.2) is 0 Å². The zero-order valence-electron chi connectivity index (χ0n) is 9.87. The first-order valence-electron chi connectivity index (χ1n) is 5.64. The van der Waals surface area contributed by atoms with Crippen LogP contribution in [-0.4, -0.2) is 0 Å². The fourth-order valence-electron chi connectivity index (χ4n) is 1.82. The molecule has 0 aliphatic rings. The summed E-state index contributed by atoms with van der Waals surface area (Å²) in [5.41, 5.74) is 3.48. The Hall–Kier alpha value is -1.49. The lowest BCUT2D eigenvalue weighted by molar-refractivity contribution is 1.14.